The normalized spacial score (nSPS) is 12.3. The minimum Gasteiger partial charge on any atom is -0.405 e. The van der Waals surface area contributed by atoms with Crippen molar-refractivity contribution in [2.75, 3.05) is 0 Å². The van der Waals surface area contributed by atoms with Gasteiger partial charge >= 0.3 is 5.88 Å². The third-order valence-corrected chi connectivity index (χ3v) is 3.13. The molecule has 4 nitrogen and oxygen atoms in total. The maximum atomic E-state index is 10.5. The van der Waals surface area contributed by atoms with Gasteiger partial charge in [-0.2, -0.15) is 0 Å². The molecule has 0 aliphatic rings. The van der Waals surface area contributed by atoms with Crippen molar-refractivity contribution in [1.29, 1.82) is 0 Å². The molecule has 0 N–H and O–H groups in total. The Labute approximate surface area is 107 Å². The summed E-state index contributed by atoms with van der Waals surface area (Å²) in [6, 6.07) is 12.9. The summed E-state index contributed by atoms with van der Waals surface area (Å²) in [5, 5.41) is 10.5. The molecule has 0 bridgehead atoms. The molecule has 2 rings (SSSR count). The van der Waals surface area contributed by atoms with Crippen LogP contribution in [0, 0.1) is 10.1 Å². The van der Waals surface area contributed by atoms with Crippen molar-refractivity contribution in [1.82, 2.24) is 0 Å². The highest BCUT2D eigenvalue weighted by atomic mass is 79.9. The number of nitro groups is 1. The van der Waals surface area contributed by atoms with Gasteiger partial charge in [0.05, 0.1) is 10.9 Å². The largest absolute Gasteiger partial charge is 0.433 e. The lowest BCUT2D eigenvalue weighted by Crippen LogP contribution is -1.93. The summed E-state index contributed by atoms with van der Waals surface area (Å²) in [6.45, 7) is 0. The van der Waals surface area contributed by atoms with E-state index >= 15 is 0 Å². The van der Waals surface area contributed by atoms with Crippen molar-refractivity contribution < 1.29 is 9.34 Å². The van der Waals surface area contributed by atoms with E-state index < -0.39 is 4.92 Å². The van der Waals surface area contributed by atoms with Gasteiger partial charge in [-0.15, -0.1) is 0 Å². The zero-order chi connectivity index (χ0) is 12.3. The van der Waals surface area contributed by atoms with Crippen LogP contribution in [0.25, 0.3) is 0 Å². The van der Waals surface area contributed by atoms with E-state index in [9.17, 15) is 10.1 Å². The molecule has 0 spiro atoms. The van der Waals surface area contributed by atoms with Crippen LogP contribution < -0.4 is 0 Å². The van der Waals surface area contributed by atoms with Crippen LogP contribution in [-0.2, 0) is 6.42 Å². The van der Waals surface area contributed by atoms with Crippen LogP contribution in [0.1, 0.15) is 16.2 Å². The Morgan fingerprint density at radius 3 is 2.53 bits per heavy atom. The molecule has 1 aromatic heterocycles. The number of rotatable bonds is 4. The molecule has 88 valence electrons. The maximum absolute atomic E-state index is 10.5. The molecule has 0 fully saturated rings. The van der Waals surface area contributed by atoms with Gasteiger partial charge in [-0.1, -0.05) is 46.3 Å². The van der Waals surface area contributed by atoms with Crippen LogP contribution in [0.3, 0.4) is 0 Å². The predicted molar refractivity (Wildman–Crippen MR) is 67.2 cm³/mol. The van der Waals surface area contributed by atoms with E-state index in [0.29, 0.717) is 5.76 Å². The Morgan fingerprint density at radius 1 is 1.24 bits per heavy atom. The van der Waals surface area contributed by atoms with Crippen LogP contribution in [0.15, 0.2) is 46.9 Å². The number of alkyl halides is 1. The average Bonchev–Trinajstić information content (AvgIpc) is 2.79. The first-order valence-electron chi connectivity index (χ1n) is 5.09. The molecule has 1 heterocycles. The third-order valence-electron chi connectivity index (χ3n) is 2.36. The van der Waals surface area contributed by atoms with Crippen LogP contribution in [0.5, 0.6) is 0 Å². The van der Waals surface area contributed by atoms with Gasteiger partial charge < -0.3 is 4.42 Å². The molecule has 2 aromatic rings. The molecule has 1 unspecified atom stereocenters. The monoisotopic (exact) mass is 295 g/mol. The number of benzene rings is 1. The van der Waals surface area contributed by atoms with E-state index in [0.717, 1.165) is 12.0 Å². The predicted octanol–water partition coefficient (Wildman–Crippen LogP) is 3.87. The van der Waals surface area contributed by atoms with Crippen molar-refractivity contribution in [3.63, 3.8) is 0 Å². The van der Waals surface area contributed by atoms with Crippen molar-refractivity contribution >= 4 is 21.8 Å². The van der Waals surface area contributed by atoms with E-state index in [4.69, 9.17) is 4.42 Å². The number of furan rings is 1. The summed E-state index contributed by atoms with van der Waals surface area (Å²) >= 11 is 3.47. The molecule has 1 atom stereocenters. The Morgan fingerprint density at radius 2 is 1.94 bits per heavy atom. The zero-order valence-electron chi connectivity index (χ0n) is 8.88. The number of halogens is 1. The van der Waals surface area contributed by atoms with Crippen LogP contribution >= 0.6 is 15.9 Å². The molecule has 0 saturated carbocycles. The Kier molecular flexibility index (Phi) is 3.58. The van der Waals surface area contributed by atoms with Crippen molar-refractivity contribution in [2.24, 2.45) is 0 Å². The van der Waals surface area contributed by atoms with E-state index in [1.165, 1.54) is 6.07 Å². The molecule has 0 saturated heterocycles. The highest BCUT2D eigenvalue weighted by Gasteiger charge is 2.17. The van der Waals surface area contributed by atoms with Gasteiger partial charge in [0.15, 0.2) is 0 Å². The van der Waals surface area contributed by atoms with Gasteiger partial charge in [-0.3, -0.25) is 10.1 Å². The zero-order valence-corrected chi connectivity index (χ0v) is 10.5. The highest BCUT2D eigenvalue weighted by molar-refractivity contribution is 9.09. The highest BCUT2D eigenvalue weighted by Crippen LogP contribution is 2.30. The van der Waals surface area contributed by atoms with Gasteiger partial charge in [-0.25, -0.2) is 0 Å². The third kappa shape index (κ3) is 2.94. The van der Waals surface area contributed by atoms with E-state index in [-0.39, 0.29) is 10.7 Å². The lowest BCUT2D eigenvalue weighted by molar-refractivity contribution is -0.402. The molecular weight excluding hydrogens is 286 g/mol. The Balaban J connectivity index is 2.09. The van der Waals surface area contributed by atoms with Crippen molar-refractivity contribution in [2.45, 2.75) is 11.2 Å². The van der Waals surface area contributed by atoms with Gasteiger partial charge in [0.1, 0.15) is 10.7 Å². The molecule has 0 radical (unpaired) electrons. The Bertz CT molecular complexity index is 509. The van der Waals surface area contributed by atoms with Gasteiger partial charge in [0.25, 0.3) is 0 Å². The molecular formula is C12H10BrNO3. The lowest BCUT2D eigenvalue weighted by atomic mass is 10.1. The van der Waals surface area contributed by atoms with Crippen molar-refractivity contribution in [3.8, 4) is 0 Å². The molecule has 0 aliphatic heterocycles. The molecule has 5 heteroatoms. The lowest BCUT2D eigenvalue weighted by Gasteiger charge is -2.05. The first-order valence-corrected chi connectivity index (χ1v) is 6.00. The topological polar surface area (TPSA) is 56.3 Å². The SMILES string of the molecule is O=[N+]([O-])c1ccc(C(Br)Cc2ccccc2)o1. The molecule has 0 amide bonds. The summed E-state index contributed by atoms with van der Waals surface area (Å²) in [4.78, 5) is 9.90. The standard InChI is InChI=1S/C12H10BrNO3/c13-10(8-9-4-2-1-3-5-9)11-6-7-12(17-11)14(15)16/h1-7,10H,8H2. The van der Waals surface area contributed by atoms with Crippen LogP contribution in [0.4, 0.5) is 5.88 Å². The summed E-state index contributed by atoms with van der Waals surface area (Å²) in [7, 11) is 0. The maximum Gasteiger partial charge on any atom is 0.433 e. The van der Waals surface area contributed by atoms with Crippen LogP contribution in [0.2, 0.25) is 0 Å². The number of hydrogen-bond acceptors (Lipinski definition) is 3. The fourth-order valence-corrected chi connectivity index (χ4v) is 2.15. The summed E-state index contributed by atoms with van der Waals surface area (Å²) in [6.07, 6.45) is 0.728. The van der Waals surface area contributed by atoms with Gasteiger partial charge in [0.2, 0.25) is 0 Å². The van der Waals surface area contributed by atoms with Crippen LogP contribution in [-0.4, -0.2) is 4.92 Å². The molecule has 17 heavy (non-hydrogen) atoms. The van der Waals surface area contributed by atoms with Gasteiger partial charge in [-0.05, 0) is 18.1 Å². The first-order chi connectivity index (χ1) is 8.16. The van der Waals surface area contributed by atoms with E-state index in [1.807, 2.05) is 30.3 Å². The average molecular weight is 296 g/mol. The minimum absolute atomic E-state index is 0.0569. The quantitative estimate of drug-likeness (QED) is 0.489. The number of nitrogens with zero attached hydrogens (tertiary/aromatic N) is 1. The minimum atomic E-state index is -0.536. The van der Waals surface area contributed by atoms with E-state index in [1.54, 1.807) is 6.07 Å². The van der Waals surface area contributed by atoms with Crippen molar-refractivity contribution in [3.05, 3.63) is 63.9 Å². The molecule has 0 aliphatic carbocycles. The van der Waals surface area contributed by atoms with Gasteiger partial charge in [0, 0.05) is 0 Å². The fraction of sp³-hybridized carbons (Fsp3) is 0.167. The first kappa shape index (κ1) is 11.9. The second-order valence-corrected chi connectivity index (χ2v) is 4.70. The smallest absolute Gasteiger partial charge is 0.405 e. The summed E-state index contributed by atoms with van der Waals surface area (Å²) < 4.78 is 5.13. The van der Waals surface area contributed by atoms with E-state index in [2.05, 4.69) is 15.9 Å². The fourth-order valence-electron chi connectivity index (χ4n) is 1.53. The summed E-state index contributed by atoms with van der Waals surface area (Å²) in [5.41, 5.74) is 1.15. The molecule has 1 aromatic carbocycles. The summed E-state index contributed by atoms with van der Waals surface area (Å²) in [5.74, 6) is 0.345. The Hall–Kier alpha value is -1.62. The second kappa shape index (κ2) is 5.14. The second-order valence-electron chi connectivity index (χ2n) is 3.59. The number of hydrogen-bond donors (Lipinski definition) is 0.